The van der Waals surface area contributed by atoms with Crippen molar-refractivity contribution in [1.82, 2.24) is 5.32 Å². The van der Waals surface area contributed by atoms with Crippen molar-refractivity contribution in [3.63, 3.8) is 0 Å². The Balaban J connectivity index is 1.63. The van der Waals surface area contributed by atoms with E-state index in [1.165, 1.54) is 0 Å². The van der Waals surface area contributed by atoms with Crippen LogP contribution >= 0.6 is 0 Å². The van der Waals surface area contributed by atoms with Crippen LogP contribution in [-0.4, -0.2) is 30.2 Å². The molecule has 2 unspecified atom stereocenters. The summed E-state index contributed by atoms with van der Waals surface area (Å²) in [7, 11) is 0. The van der Waals surface area contributed by atoms with E-state index in [2.05, 4.69) is 10.6 Å². The van der Waals surface area contributed by atoms with Gasteiger partial charge < -0.3 is 15.7 Å². The monoisotopic (exact) mass is 260 g/mol. The molecule has 0 aromatic heterocycles. The second-order valence-electron chi connectivity index (χ2n) is 5.51. The summed E-state index contributed by atoms with van der Waals surface area (Å²) in [6.07, 6.45) is 2.61. The van der Waals surface area contributed by atoms with Crippen LogP contribution in [-0.2, 0) is 4.79 Å². The summed E-state index contributed by atoms with van der Waals surface area (Å²) in [6, 6.07) is 7.95. The Morgan fingerprint density at radius 3 is 2.95 bits per heavy atom. The van der Waals surface area contributed by atoms with Gasteiger partial charge in [-0.3, -0.25) is 4.79 Å². The minimum Gasteiger partial charge on any atom is -0.391 e. The zero-order chi connectivity index (χ0) is 13.2. The molecule has 3 rings (SSSR count). The molecule has 1 aromatic carbocycles. The average Bonchev–Trinajstić information content (AvgIpc) is 3.28. The largest absolute Gasteiger partial charge is 0.391 e. The molecule has 2 aliphatic rings. The number of para-hydroxylation sites is 1. The number of nitrogens with one attached hydrogen (secondary N) is 2. The van der Waals surface area contributed by atoms with Crippen molar-refractivity contribution in [1.29, 1.82) is 0 Å². The molecule has 19 heavy (non-hydrogen) atoms. The van der Waals surface area contributed by atoms with Gasteiger partial charge in [-0.25, -0.2) is 0 Å². The molecule has 1 saturated carbocycles. The number of aliphatic hydroxyl groups excluding tert-OH is 1. The van der Waals surface area contributed by atoms with Crippen molar-refractivity contribution < 1.29 is 9.90 Å². The molecule has 1 aromatic rings. The molecule has 0 spiro atoms. The smallest absolute Gasteiger partial charge is 0.227 e. The van der Waals surface area contributed by atoms with Gasteiger partial charge in [-0.2, -0.15) is 0 Å². The maximum absolute atomic E-state index is 12.3. The van der Waals surface area contributed by atoms with Crippen molar-refractivity contribution >= 4 is 11.6 Å². The minimum atomic E-state index is -0.374. The van der Waals surface area contributed by atoms with Gasteiger partial charge >= 0.3 is 0 Å². The third-order valence-electron chi connectivity index (χ3n) is 4.05. The molecule has 0 saturated heterocycles. The predicted octanol–water partition coefficient (Wildman–Crippen LogP) is 1.47. The summed E-state index contributed by atoms with van der Waals surface area (Å²) in [5.74, 6) is 0.345. The third kappa shape index (κ3) is 2.73. The number of anilines is 1. The van der Waals surface area contributed by atoms with Crippen LogP contribution in [0.15, 0.2) is 24.3 Å². The Kier molecular flexibility index (Phi) is 3.42. The van der Waals surface area contributed by atoms with Crippen LogP contribution in [0.5, 0.6) is 0 Å². The lowest BCUT2D eigenvalue weighted by Gasteiger charge is -2.26. The molecule has 1 aliphatic carbocycles. The van der Waals surface area contributed by atoms with Crippen molar-refractivity contribution in [3.05, 3.63) is 29.8 Å². The first kappa shape index (κ1) is 12.5. The van der Waals surface area contributed by atoms with Crippen molar-refractivity contribution in [2.45, 2.75) is 31.3 Å². The zero-order valence-electron chi connectivity index (χ0n) is 10.9. The summed E-state index contributed by atoms with van der Waals surface area (Å²) in [5, 5.41) is 16.0. The van der Waals surface area contributed by atoms with E-state index in [1.807, 2.05) is 24.3 Å². The van der Waals surface area contributed by atoms with Gasteiger partial charge in [0.05, 0.1) is 12.0 Å². The maximum atomic E-state index is 12.3. The molecule has 3 N–H and O–H groups in total. The van der Waals surface area contributed by atoms with E-state index in [9.17, 15) is 9.90 Å². The number of benzene rings is 1. The van der Waals surface area contributed by atoms with E-state index in [0.717, 1.165) is 37.1 Å². The van der Waals surface area contributed by atoms with Crippen LogP contribution in [0, 0.1) is 5.92 Å². The maximum Gasteiger partial charge on any atom is 0.227 e. The highest BCUT2D eigenvalue weighted by Crippen LogP contribution is 2.33. The fraction of sp³-hybridized carbons (Fsp3) is 0.533. The Hall–Kier alpha value is -1.55. The number of amides is 1. The predicted molar refractivity (Wildman–Crippen MR) is 74.0 cm³/mol. The van der Waals surface area contributed by atoms with E-state index >= 15 is 0 Å². The number of fused-ring (bicyclic) bond motifs is 1. The summed E-state index contributed by atoms with van der Waals surface area (Å²) in [6.45, 7) is 1.20. The fourth-order valence-corrected chi connectivity index (χ4v) is 2.72. The first-order chi connectivity index (χ1) is 9.25. The summed E-state index contributed by atoms with van der Waals surface area (Å²) >= 11 is 0. The van der Waals surface area contributed by atoms with Gasteiger partial charge in [-0.05, 0) is 36.8 Å². The molecular weight excluding hydrogens is 240 g/mol. The van der Waals surface area contributed by atoms with Gasteiger partial charge in [-0.15, -0.1) is 0 Å². The lowest BCUT2D eigenvalue weighted by atomic mass is 9.90. The molecule has 1 heterocycles. The van der Waals surface area contributed by atoms with Crippen LogP contribution in [0.4, 0.5) is 5.69 Å². The highest BCUT2D eigenvalue weighted by Gasteiger charge is 2.31. The molecule has 4 nitrogen and oxygen atoms in total. The minimum absolute atomic E-state index is 0.0358. The van der Waals surface area contributed by atoms with E-state index in [4.69, 9.17) is 0 Å². The quantitative estimate of drug-likeness (QED) is 0.768. The molecule has 2 atom stereocenters. The Labute approximate surface area is 113 Å². The lowest BCUT2D eigenvalue weighted by molar-refractivity contribution is -0.123. The van der Waals surface area contributed by atoms with Gasteiger partial charge in [0.25, 0.3) is 0 Å². The van der Waals surface area contributed by atoms with E-state index in [-0.39, 0.29) is 17.9 Å². The van der Waals surface area contributed by atoms with Crippen molar-refractivity contribution in [2.75, 3.05) is 18.4 Å². The normalized spacial score (nSPS) is 23.1. The second-order valence-corrected chi connectivity index (χ2v) is 5.51. The lowest BCUT2D eigenvalue weighted by Crippen LogP contribution is -2.38. The second kappa shape index (κ2) is 5.21. The van der Waals surface area contributed by atoms with Gasteiger partial charge in [-0.1, -0.05) is 18.2 Å². The van der Waals surface area contributed by atoms with Crippen LogP contribution in [0.1, 0.15) is 30.7 Å². The highest BCUT2D eigenvalue weighted by molar-refractivity contribution is 5.86. The molecule has 1 aliphatic heterocycles. The molecule has 0 radical (unpaired) electrons. The number of hydrogen-bond acceptors (Lipinski definition) is 3. The Morgan fingerprint density at radius 1 is 1.37 bits per heavy atom. The standard InChI is InChI=1S/C15H20N2O2/c18-14(10-5-6-10)9-17-15(19)12-7-8-16-13-4-2-1-3-11(12)13/h1-4,10,12,14,16,18H,5-9H2,(H,17,19). The molecule has 1 fully saturated rings. The van der Waals surface area contributed by atoms with Crippen LogP contribution < -0.4 is 10.6 Å². The first-order valence-corrected chi connectivity index (χ1v) is 7.04. The number of rotatable bonds is 4. The number of hydrogen-bond donors (Lipinski definition) is 3. The molecular formula is C15H20N2O2. The van der Waals surface area contributed by atoms with Crippen LogP contribution in [0.3, 0.4) is 0 Å². The van der Waals surface area contributed by atoms with Gasteiger partial charge in [0.2, 0.25) is 5.91 Å². The Bertz CT molecular complexity index is 471. The summed E-state index contributed by atoms with van der Waals surface area (Å²) in [4.78, 5) is 12.3. The van der Waals surface area contributed by atoms with Crippen molar-refractivity contribution in [3.8, 4) is 0 Å². The van der Waals surface area contributed by atoms with E-state index in [0.29, 0.717) is 12.5 Å². The SMILES string of the molecule is O=C(NCC(O)C1CC1)C1CCNc2ccccc21. The number of carbonyl (C=O) groups excluding carboxylic acids is 1. The topological polar surface area (TPSA) is 61.4 Å². The van der Waals surface area contributed by atoms with E-state index < -0.39 is 0 Å². The number of carbonyl (C=O) groups is 1. The highest BCUT2D eigenvalue weighted by atomic mass is 16.3. The van der Waals surface area contributed by atoms with Crippen LogP contribution in [0.25, 0.3) is 0 Å². The summed E-state index contributed by atoms with van der Waals surface area (Å²) < 4.78 is 0. The van der Waals surface area contributed by atoms with Gasteiger partial charge in [0, 0.05) is 18.8 Å². The fourth-order valence-electron chi connectivity index (χ4n) is 2.72. The number of aliphatic hydroxyl groups is 1. The molecule has 0 bridgehead atoms. The molecule has 4 heteroatoms. The molecule has 1 amide bonds. The summed E-state index contributed by atoms with van der Waals surface area (Å²) in [5.41, 5.74) is 2.11. The van der Waals surface area contributed by atoms with Crippen LogP contribution in [0.2, 0.25) is 0 Å². The average molecular weight is 260 g/mol. The Morgan fingerprint density at radius 2 is 2.16 bits per heavy atom. The van der Waals surface area contributed by atoms with Gasteiger partial charge in [0.1, 0.15) is 0 Å². The first-order valence-electron chi connectivity index (χ1n) is 7.04. The third-order valence-corrected chi connectivity index (χ3v) is 4.05. The zero-order valence-corrected chi connectivity index (χ0v) is 10.9. The van der Waals surface area contributed by atoms with E-state index in [1.54, 1.807) is 0 Å². The van der Waals surface area contributed by atoms with Crippen molar-refractivity contribution in [2.24, 2.45) is 5.92 Å². The molecule has 102 valence electrons. The van der Waals surface area contributed by atoms with Gasteiger partial charge in [0.15, 0.2) is 0 Å².